The van der Waals surface area contributed by atoms with Crippen LogP contribution in [0.2, 0.25) is 0 Å². The van der Waals surface area contributed by atoms with E-state index in [1.165, 1.54) is 102 Å². The van der Waals surface area contributed by atoms with Gasteiger partial charge in [0.15, 0.2) is 23.1 Å². The van der Waals surface area contributed by atoms with Crippen molar-refractivity contribution in [2.75, 3.05) is 14.2 Å². The molecule has 4 heteroatoms. The van der Waals surface area contributed by atoms with E-state index in [9.17, 15) is 8.78 Å². The highest BCUT2D eigenvalue weighted by Crippen LogP contribution is 2.51. The highest BCUT2D eigenvalue weighted by Gasteiger charge is 2.23. The van der Waals surface area contributed by atoms with Crippen LogP contribution in [0.3, 0.4) is 0 Å². The van der Waals surface area contributed by atoms with Gasteiger partial charge in [0, 0.05) is 0 Å². The largest absolute Gasteiger partial charge is 0.494 e. The van der Waals surface area contributed by atoms with Gasteiger partial charge in [0.1, 0.15) is 0 Å². The first-order chi connectivity index (χ1) is 25.6. The Kier molecular flexibility index (Phi) is 5.90. The molecule has 0 saturated carbocycles. The van der Waals surface area contributed by atoms with Gasteiger partial charge in [-0.1, -0.05) is 109 Å². The Morgan fingerprint density at radius 1 is 0.327 bits per heavy atom. The molecule has 2 nitrogen and oxygen atoms in total. The minimum absolute atomic E-state index is 0.230. The molecule has 0 aliphatic rings. The van der Waals surface area contributed by atoms with E-state index in [1.807, 2.05) is 12.1 Å². The van der Waals surface area contributed by atoms with Crippen molar-refractivity contribution in [2.24, 2.45) is 0 Å². The quantitative estimate of drug-likeness (QED) is 0.137. The summed E-state index contributed by atoms with van der Waals surface area (Å²) < 4.78 is 39.7. The minimum Gasteiger partial charge on any atom is -0.494 e. The van der Waals surface area contributed by atoms with Gasteiger partial charge in [-0.2, -0.15) is 0 Å². The van der Waals surface area contributed by atoms with Crippen LogP contribution >= 0.6 is 0 Å². The second-order valence-corrected chi connectivity index (χ2v) is 13.7. The zero-order valence-electron chi connectivity index (χ0n) is 28.3. The summed E-state index contributed by atoms with van der Waals surface area (Å²) in [5.41, 5.74) is 3.89. The normalized spacial score (nSPS) is 12.2. The third-order valence-corrected chi connectivity index (χ3v) is 11.3. The monoisotopic (exact) mass is 674 g/mol. The SMILES string of the molecule is COc1cc(-c2ccc3c4c2cccc4c2cccc4c2c3c2cccc3c5cccc6c(-c7ccc(F)c(OC)c7)ccc(c65)c4c32)ccc1F. The lowest BCUT2D eigenvalue weighted by Crippen LogP contribution is -1.94. The fourth-order valence-corrected chi connectivity index (χ4v) is 9.17. The molecule has 0 aliphatic heterocycles. The summed E-state index contributed by atoms with van der Waals surface area (Å²) in [6.45, 7) is 0. The third-order valence-electron chi connectivity index (χ3n) is 11.3. The first kappa shape index (κ1) is 29.2. The van der Waals surface area contributed by atoms with Crippen LogP contribution in [0.5, 0.6) is 11.5 Å². The van der Waals surface area contributed by atoms with Gasteiger partial charge in [-0.05, 0) is 133 Å². The molecule has 0 aliphatic carbocycles. The molecule has 0 fully saturated rings. The molecule has 0 radical (unpaired) electrons. The van der Waals surface area contributed by atoms with E-state index in [4.69, 9.17) is 9.47 Å². The molecule has 52 heavy (non-hydrogen) atoms. The van der Waals surface area contributed by atoms with Gasteiger partial charge in [-0.25, -0.2) is 8.78 Å². The molecule has 11 aromatic rings. The molecule has 0 amide bonds. The number of methoxy groups -OCH3 is 2. The molecular formula is C48H28F2O2. The average molecular weight is 675 g/mol. The topological polar surface area (TPSA) is 18.5 Å². The van der Waals surface area contributed by atoms with Crippen LogP contribution in [-0.4, -0.2) is 14.2 Å². The van der Waals surface area contributed by atoms with Crippen molar-refractivity contribution in [3.63, 3.8) is 0 Å². The molecule has 0 N–H and O–H groups in total. The van der Waals surface area contributed by atoms with Crippen LogP contribution < -0.4 is 9.47 Å². The molecule has 0 aromatic heterocycles. The molecule has 0 bridgehead atoms. The summed E-state index contributed by atoms with van der Waals surface area (Å²) in [6.07, 6.45) is 0. The summed E-state index contributed by atoms with van der Waals surface area (Å²) in [7, 11) is 3.00. The number of benzene rings is 11. The number of rotatable bonds is 4. The third kappa shape index (κ3) is 3.71. The van der Waals surface area contributed by atoms with Crippen molar-refractivity contribution in [1.29, 1.82) is 0 Å². The van der Waals surface area contributed by atoms with Gasteiger partial charge in [0.05, 0.1) is 14.2 Å². The molecule has 11 rings (SSSR count). The van der Waals surface area contributed by atoms with E-state index in [2.05, 4.69) is 97.1 Å². The number of hydrogen-bond acceptors (Lipinski definition) is 2. The first-order valence-electron chi connectivity index (χ1n) is 17.4. The van der Waals surface area contributed by atoms with E-state index in [1.54, 1.807) is 12.1 Å². The van der Waals surface area contributed by atoms with Crippen molar-refractivity contribution in [1.82, 2.24) is 0 Å². The maximum absolute atomic E-state index is 14.5. The Bertz CT molecular complexity index is 3070. The average Bonchev–Trinajstić information content (AvgIpc) is 3.19. The Morgan fingerprint density at radius 2 is 0.654 bits per heavy atom. The van der Waals surface area contributed by atoms with Crippen LogP contribution in [0.25, 0.3) is 108 Å². The van der Waals surface area contributed by atoms with Crippen LogP contribution in [0, 0.1) is 11.6 Å². The summed E-state index contributed by atoms with van der Waals surface area (Å²) in [4.78, 5) is 0. The minimum atomic E-state index is -0.377. The van der Waals surface area contributed by atoms with E-state index >= 15 is 0 Å². The lowest BCUT2D eigenvalue weighted by atomic mass is 9.80. The maximum Gasteiger partial charge on any atom is 0.165 e. The smallest absolute Gasteiger partial charge is 0.165 e. The number of ether oxygens (including phenoxy) is 2. The Balaban J connectivity index is 1.31. The van der Waals surface area contributed by atoms with Crippen LogP contribution in [0.1, 0.15) is 0 Å². The van der Waals surface area contributed by atoms with Crippen LogP contribution in [0.4, 0.5) is 8.78 Å². The molecule has 0 unspecified atom stereocenters. The maximum atomic E-state index is 14.5. The highest BCUT2D eigenvalue weighted by molar-refractivity contribution is 6.48. The lowest BCUT2D eigenvalue weighted by Gasteiger charge is -2.22. The molecule has 0 heterocycles. The Labute approximate surface area is 296 Å². The number of fused-ring (bicyclic) bond motifs is 6. The molecule has 11 aromatic carbocycles. The fraction of sp³-hybridized carbons (Fsp3) is 0.0417. The molecule has 0 spiro atoms. The lowest BCUT2D eigenvalue weighted by molar-refractivity contribution is 0.387. The van der Waals surface area contributed by atoms with Gasteiger partial charge < -0.3 is 9.47 Å². The van der Waals surface area contributed by atoms with Crippen molar-refractivity contribution in [3.05, 3.63) is 145 Å². The standard InChI is InChI=1S/C48H28F2O2/c1-51-41-23-25(15-21-39(41)49)27-17-19-37-43-29(27)7-3-9-31(43)33-11-5-14-36-45(33)47(37)35-13-6-12-34-32-10-4-8-30-28(26-16-22-40(50)42(24-26)52-2)18-20-38(44(30)32)48(36)46(34)35/h3-24H,1-2H3. The Morgan fingerprint density at radius 3 is 1.06 bits per heavy atom. The Hall–Kier alpha value is -6.52. The van der Waals surface area contributed by atoms with Crippen LogP contribution in [-0.2, 0) is 0 Å². The van der Waals surface area contributed by atoms with Gasteiger partial charge in [-0.15, -0.1) is 0 Å². The van der Waals surface area contributed by atoms with Gasteiger partial charge >= 0.3 is 0 Å². The highest BCUT2D eigenvalue weighted by atomic mass is 19.1. The second-order valence-electron chi connectivity index (χ2n) is 13.7. The molecule has 0 saturated heterocycles. The van der Waals surface area contributed by atoms with E-state index in [-0.39, 0.29) is 23.1 Å². The fourth-order valence-electron chi connectivity index (χ4n) is 9.17. The van der Waals surface area contributed by atoms with Crippen molar-refractivity contribution < 1.29 is 18.3 Å². The second kappa shape index (κ2) is 10.5. The zero-order chi connectivity index (χ0) is 34.8. The van der Waals surface area contributed by atoms with Gasteiger partial charge in [-0.3, -0.25) is 0 Å². The number of hydrogen-bond donors (Lipinski definition) is 0. The van der Waals surface area contributed by atoms with Gasteiger partial charge in [0.2, 0.25) is 0 Å². The van der Waals surface area contributed by atoms with Crippen molar-refractivity contribution >= 4 is 86.2 Å². The number of halogens is 2. The van der Waals surface area contributed by atoms with Crippen LogP contribution in [0.15, 0.2) is 133 Å². The van der Waals surface area contributed by atoms with E-state index in [0.29, 0.717) is 0 Å². The summed E-state index contributed by atoms with van der Waals surface area (Å²) in [6, 6.07) is 45.5. The predicted molar refractivity (Wildman–Crippen MR) is 213 cm³/mol. The van der Waals surface area contributed by atoms with Gasteiger partial charge in [0.25, 0.3) is 0 Å². The van der Waals surface area contributed by atoms with E-state index in [0.717, 1.165) is 33.0 Å². The van der Waals surface area contributed by atoms with E-state index < -0.39 is 0 Å². The van der Waals surface area contributed by atoms with Crippen molar-refractivity contribution in [2.45, 2.75) is 0 Å². The summed E-state index contributed by atoms with van der Waals surface area (Å²) in [5, 5.41) is 19.2. The molecular weight excluding hydrogens is 647 g/mol. The molecule has 246 valence electrons. The zero-order valence-corrected chi connectivity index (χ0v) is 28.3. The summed E-state index contributed by atoms with van der Waals surface area (Å²) in [5.74, 6) is -0.293. The molecule has 0 atom stereocenters. The predicted octanol–water partition coefficient (Wildman–Crippen LogP) is 13.4. The van der Waals surface area contributed by atoms with Crippen molar-refractivity contribution in [3.8, 4) is 33.8 Å². The first-order valence-corrected chi connectivity index (χ1v) is 17.4. The summed E-state index contributed by atoms with van der Waals surface area (Å²) >= 11 is 0.